The number of aliphatic hydroxyl groups excluding tert-OH is 1. The Hall–Kier alpha value is -0.120. The fraction of sp³-hybridized carbons (Fsp3) is 1.00. The summed E-state index contributed by atoms with van der Waals surface area (Å²) in [4.78, 5) is 2.41. The quantitative estimate of drug-likeness (QED) is 0.669. The zero-order chi connectivity index (χ0) is 9.68. The molecule has 2 atom stereocenters. The van der Waals surface area contributed by atoms with Gasteiger partial charge in [-0.2, -0.15) is 0 Å². The molecule has 0 bridgehead atoms. The Morgan fingerprint density at radius 2 is 2.31 bits per heavy atom. The van der Waals surface area contributed by atoms with Crippen molar-refractivity contribution in [1.29, 1.82) is 0 Å². The topological polar surface area (TPSA) is 35.5 Å². The number of hydrogen-bond acceptors (Lipinski definition) is 3. The largest absolute Gasteiger partial charge is 0.395 e. The highest BCUT2D eigenvalue weighted by Crippen LogP contribution is 2.07. The van der Waals surface area contributed by atoms with E-state index in [1.54, 1.807) is 0 Å². The van der Waals surface area contributed by atoms with Gasteiger partial charge in [0.25, 0.3) is 0 Å². The summed E-state index contributed by atoms with van der Waals surface area (Å²) < 4.78 is 0. The molecule has 1 aliphatic heterocycles. The van der Waals surface area contributed by atoms with E-state index in [1.807, 2.05) is 0 Å². The lowest BCUT2D eigenvalue weighted by molar-refractivity contribution is 0.0830. The highest BCUT2D eigenvalue weighted by Gasteiger charge is 2.23. The molecule has 1 aliphatic rings. The van der Waals surface area contributed by atoms with Gasteiger partial charge in [0.2, 0.25) is 0 Å². The predicted octanol–water partition coefficient (Wildman–Crippen LogP) is 0.441. The number of unbranched alkanes of at least 4 members (excludes halogenated alkanes) is 1. The van der Waals surface area contributed by atoms with Gasteiger partial charge in [-0.05, 0) is 19.9 Å². The average Bonchev–Trinajstić information content (AvgIpc) is 2.15. The lowest BCUT2D eigenvalue weighted by Gasteiger charge is -2.38. The van der Waals surface area contributed by atoms with Gasteiger partial charge in [0.1, 0.15) is 0 Å². The van der Waals surface area contributed by atoms with Gasteiger partial charge < -0.3 is 10.4 Å². The van der Waals surface area contributed by atoms with E-state index in [9.17, 15) is 0 Å². The highest BCUT2D eigenvalue weighted by atomic mass is 16.3. The van der Waals surface area contributed by atoms with E-state index in [1.165, 1.54) is 12.8 Å². The number of nitrogens with one attached hydrogen (secondary N) is 1. The molecule has 13 heavy (non-hydrogen) atoms. The van der Waals surface area contributed by atoms with E-state index < -0.39 is 0 Å². The molecule has 3 heteroatoms. The fourth-order valence-corrected chi connectivity index (χ4v) is 1.85. The van der Waals surface area contributed by atoms with Crippen LogP contribution in [0.1, 0.15) is 26.7 Å². The molecule has 2 unspecified atom stereocenters. The van der Waals surface area contributed by atoms with Crippen molar-refractivity contribution < 1.29 is 5.11 Å². The van der Waals surface area contributed by atoms with Crippen molar-refractivity contribution >= 4 is 0 Å². The minimum Gasteiger partial charge on any atom is -0.395 e. The van der Waals surface area contributed by atoms with Crippen LogP contribution in [0.25, 0.3) is 0 Å². The van der Waals surface area contributed by atoms with Crippen LogP contribution in [0.2, 0.25) is 0 Å². The molecule has 0 radical (unpaired) electrons. The lowest BCUT2D eigenvalue weighted by Crippen LogP contribution is -2.56. The van der Waals surface area contributed by atoms with Gasteiger partial charge in [-0.3, -0.25) is 4.90 Å². The van der Waals surface area contributed by atoms with Gasteiger partial charge in [0.05, 0.1) is 6.61 Å². The third-order valence-electron chi connectivity index (χ3n) is 2.74. The maximum absolute atomic E-state index is 9.17. The summed E-state index contributed by atoms with van der Waals surface area (Å²) in [6.07, 6.45) is 2.47. The number of piperazine rings is 1. The second kappa shape index (κ2) is 5.58. The Balaban J connectivity index is 2.35. The summed E-state index contributed by atoms with van der Waals surface area (Å²) in [6.45, 7) is 7.83. The second-order valence-corrected chi connectivity index (χ2v) is 3.99. The van der Waals surface area contributed by atoms with E-state index in [-0.39, 0.29) is 6.61 Å². The molecule has 2 N–H and O–H groups in total. The Kier molecular flexibility index (Phi) is 4.70. The molecule has 0 aromatic heterocycles. The summed E-state index contributed by atoms with van der Waals surface area (Å²) >= 11 is 0. The van der Waals surface area contributed by atoms with Crippen LogP contribution < -0.4 is 5.32 Å². The third kappa shape index (κ3) is 3.25. The predicted molar refractivity (Wildman–Crippen MR) is 54.8 cm³/mol. The summed E-state index contributed by atoms with van der Waals surface area (Å²) in [7, 11) is 0. The zero-order valence-corrected chi connectivity index (χ0v) is 8.79. The first-order valence-corrected chi connectivity index (χ1v) is 5.36. The van der Waals surface area contributed by atoms with Crippen molar-refractivity contribution in [2.45, 2.75) is 38.8 Å². The van der Waals surface area contributed by atoms with Crippen LogP contribution in [0.3, 0.4) is 0 Å². The fourth-order valence-electron chi connectivity index (χ4n) is 1.85. The highest BCUT2D eigenvalue weighted by molar-refractivity contribution is 4.83. The van der Waals surface area contributed by atoms with Gasteiger partial charge in [-0.15, -0.1) is 0 Å². The standard InChI is InChI=1S/C10H22N2O/c1-3-4-5-12-7-9(2)11-6-10(12)8-13/h9-11,13H,3-8H2,1-2H3. The molecule has 0 aromatic rings. The monoisotopic (exact) mass is 186 g/mol. The van der Waals surface area contributed by atoms with Crippen LogP contribution in [0.4, 0.5) is 0 Å². The summed E-state index contributed by atoms with van der Waals surface area (Å²) in [5.74, 6) is 0. The van der Waals surface area contributed by atoms with Crippen LogP contribution in [-0.4, -0.2) is 48.3 Å². The molecular formula is C10H22N2O. The first-order chi connectivity index (χ1) is 6.27. The van der Waals surface area contributed by atoms with Crippen molar-refractivity contribution in [2.75, 3.05) is 26.2 Å². The maximum atomic E-state index is 9.17. The molecular weight excluding hydrogens is 164 g/mol. The van der Waals surface area contributed by atoms with E-state index in [4.69, 9.17) is 5.11 Å². The summed E-state index contributed by atoms with van der Waals surface area (Å²) in [5, 5.41) is 12.6. The summed E-state index contributed by atoms with van der Waals surface area (Å²) in [5.41, 5.74) is 0. The van der Waals surface area contributed by atoms with E-state index in [0.29, 0.717) is 12.1 Å². The molecule has 1 saturated heterocycles. The number of aliphatic hydroxyl groups is 1. The molecule has 78 valence electrons. The molecule has 3 nitrogen and oxygen atoms in total. The van der Waals surface area contributed by atoms with Gasteiger partial charge in [-0.1, -0.05) is 13.3 Å². The van der Waals surface area contributed by atoms with E-state index in [0.717, 1.165) is 19.6 Å². The van der Waals surface area contributed by atoms with E-state index >= 15 is 0 Å². The maximum Gasteiger partial charge on any atom is 0.0599 e. The van der Waals surface area contributed by atoms with Gasteiger partial charge in [0.15, 0.2) is 0 Å². The number of rotatable bonds is 4. The molecule has 0 aromatic carbocycles. The second-order valence-electron chi connectivity index (χ2n) is 3.99. The average molecular weight is 186 g/mol. The van der Waals surface area contributed by atoms with Gasteiger partial charge in [0, 0.05) is 25.2 Å². The smallest absolute Gasteiger partial charge is 0.0599 e. The van der Waals surface area contributed by atoms with E-state index in [2.05, 4.69) is 24.1 Å². The molecule has 0 saturated carbocycles. The number of hydrogen-bond donors (Lipinski definition) is 2. The van der Waals surface area contributed by atoms with Crippen LogP contribution in [0.5, 0.6) is 0 Å². The Labute approximate surface area is 81.1 Å². The lowest BCUT2D eigenvalue weighted by atomic mass is 10.1. The van der Waals surface area contributed by atoms with Crippen LogP contribution in [0, 0.1) is 0 Å². The first-order valence-electron chi connectivity index (χ1n) is 5.36. The van der Waals surface area contributed by atoms with Crippen LogP contribution in [0.15, 0.2) is 0 Å². The van der Waals surface area contributed by atoms with Crippen molar-refractivity contribution in [1.82, 2.24) is 10.2 Å². The molecule has 0 aliphatic carbocycles. The Morgan fingerprint density at radius 3 is 2.92 bits per heavy atom. The molecule has 1 heterocycles. The normalized spacial score (nSPS) is 30.7. The van der Waals surface area contributed by atoms with Crippen molar-refractivity contribution in [3.8, 4) is 0 Å². The molecule has 1 rings (SSSR count). The number of nitrogens with zero attached hydrogens (tertiary/aromatic N) is 1. The molecule has 0 spiro atoms. The molecule has 1 fully saturated rings. The molecule has 0 amide bonds. The van der Waals surface area contributed by atoms with Crippen molar-refractivity contribution in [2.24, 2.45) is 0 Å². The SMILES string of the molecule is CCCCN1CC(C)NCC1CO. The Morgan fingerprint density at radius 1 is 1.54 bits per heavy atom. The first kappa shape index (κ1) is 11.0. The van der Waals surface area contributed by atoms with Gasteiger partial charge >= 0.3 is 0 Å². The van der Waals surface area contributed by atoms with Crippen molar-refractivity contribution in [3.63, 3.8) is 0 Å². The zero-order valence-electron chi connectivity index (χ0n) is 8.79. The van der Waals surface area contributed by atoms with Crippen molar-refractivity contribution in [3.05, 3.63) is 0 Å². The minimum atomic E-state index is 0.281. The van der Waals surface area contributed by atoms with Gasteiger partial charge in [-0.25, -0.2) is 0 Å². The van der Waals surface area contributed by atoms with Crippen LogP contribution >= 0.6 is 0 Å². The van der Waals surface area contributed by atoms with Crippen LogP contribution in [-0.2, 0) is 0 Å². The Bertz CT molecular complexity index is 141. The third-order valence-corrected chi connectivity index (χ3v) is 2.74. The summed E-state index contributed by atoms with van der Waals surface area (Å²) in [6, 6.07) is 0.905. The minimum absolute atomic E-state index is 0.281.